The van der Waals surface area contributed by atoms with Gasteiger partial charge in [-0.2, -0.15) is 0 Å². The average molecular weight is 307 g/mol. The predicted octanol–water partition coefficient (Wildman–Crippen LogP) is 2.04. The van der Waals surface area contributed by atoms with Crippen LogP contribution in [0, 0.1) is 0 Å². The number of hydrogen-bond acceptors (Lipinski definition) is 4. The summed E-state index contributed by atoms with van der Waals surface area (Å²) in [4.78, 5) is 23.9. The van der Waals surface area contributed by atoms with E-state index in [1.165, 1.54) is 11.0 Å². The molecule has 1 N–H and O–H groups in total. The number of carbonyl (C=O) groups excluding carboxylic acids is 1. The van der Waals surface area contributed by atoms with E-state index in [1.807, 2.05) is 0 Å². The normalized spacial score (nSPS) is 10.5. The molecular formula is C16H21NO5. The zero-order chi connectivity index (χ0) is 16.5. The van der Waals surface area contributed by atoms with Crippen LogP contribution in [-0.4, -0.2) is 49.7 Å². The summed E-state index contributed by atoms with van der Waals surface area (Å²) >= 11 is 0. The maximum atomic E-state index is 12.0. The van der Waals surface area contributed by atoms with Crippen LogP contribution in [0.25, 0.3) is 6.08 Å². The number of methoxy groups -OCH3 is 2. The molecule has 0 saturated carbocycles. The minimum absolute atomic E-state index is 0.0467. The monoisotopic (exact) mass is 307 g/mol. The molecule has 0 bridgehead atoms. The molecular weight excluding hydrogens is 286 g/mol. The topological polar surface area (TPSA) is 76.1 Å². The van der Waals surface area contributed by atoms with Gasteiger partial charge in [0, 0.05) is 31.7 Å². The third-order valence-electron chi connectivity index (χ3n) is 3.10. The number of carboxylic acid groups (broad SMARTS) is 1. The van der Waals surface area contributed by atoms with Crippen molar-refractivity contribution in [1.82, 2.24) is 4.90 Å². The number of aliphatic carboxylic acids is 1. The summed E-state index contributed by atoms with van der Waals surface area (Å²) in [6.07, 6.45) is 3.55. The lowest BCUT2D eigenvalue weighted by Crippen LogP contribution is -2.26. The van der Waals surface area contributed by atoms with E-state index in [2.05, 4.69) is 0 Å². The van der Waals surface area contributed by atoms with Crippen molar-refractivity contribution in [3.8, 4) is 11.5 Å². The Labute approximate surface area is 129 Å². The fraction of sp³-hybridized carbons (Fsp3) is 0.375. The number of hydrogen-bond donors (Lipinski definition) is 1. The predicted molar refractivity (Wildman–Crippen MR) is 83.1 cm³/mol. The van der Waals surface area contributed by atoms with Crippen LogP contribution in [-0.2, 0) is 9.59 Å². The van der Waals surface area contributed by atoms with Crippen LogP contribution in [0.5, 0.6) is 11.5 Å². The van der Waals surface area contributed by atoms with Gasteiger partial charge in [0.1, 0.15) is 11.5 Å². The molecule has 1 aromatic rings. The van der Waals surface area contributed by atoms with Crippen molar-refractivity contribution >= 4 is 18.0 Å². The fourth-order valence-corrected chi connectivity index (χ4v) is 1.84. The number of carbonyl (C=O) groups is 2. The Kier molecular flexibility index (Phi) is 6.95. The molecule has 1 rings (SSSR count). The van der Waals surface area contributed by atoms with Crippen molar-refractivity contribution < 1.29 is 24.2 Å². The molecule has 0 aliphatic rings. The van der Waals surface area contributed by atoms with Crippen molar-refractivity contribution in [2.24, 2.45) is 0 Å². The molecule has 22 heavy (non-hydrogen) atoms. The van der Waals surface area contributed by atoms with Crippen molar-refractivity contribution in [3.05, 3.63) is 29.8 Å². The standard InChI is InChI=1S/C16H21NO5/c1-17(10-4-5-16(19)20)15(18)9-6-12-11-13(21-2)7-8-14(12)22-3/h6-9,11H,4-5,10H2,1-3H3,(H,19,20)/b9-6-. The van der Waals surface area contributed by atoms with Gasteiger partial charge in [-0.1, -0.05) is 0 Å². The maximum Gasteiger partial charge on any atom is 0.303 e. The van der Waals surface area contributed by atoms with Crippen LogP contribution in [0.3, 0.4) is 0 Å². The SMILES string of the molecule is COc1ccc(OC)c(/C=C\C(=O)N(C)CCCC(=O)O)c1. The summed E-state index contributed by atoms with van der Waals surface area (Å²) in [5.74, 6) is 0.244. The number of ether oxygens (including phenoxy) is 2. The van der Waals surface area contributed by atoms with Gasteiger partial charge in [0.05, 0.1) is 14.2 Å². The quantitative estimate of drug-likeness (QED) is 0.744. The summed E-state index contributed by atoms with van der Waals surface area (Å²) in [7, 11) is 4.76. The van der Waals surface area contributed by atoms with E-state index in [1.54, 1.807) is 45.5 Å². The van der Waals surface area contributed by atoms with Crippen LogP contribution in [0.2, 0.25) is 0 Å². The summed E-state index contributed by atoms with van der Waals surface area (Å²) in [5.41, 5.74) is 0.731. The van der Waals surface area contributed by atoms with Gasteiger partial charge in [0.25, 0.3) is 0 Å². The van der Waals surface area contributed by atoms with Gasteiger partial charge in [-0.25, -0.2) is 0 Å². The van der Waals surface area contributed by atoms with Gasteiger partial charge in [-0.15, -0.1) is 0 Å². The summed E-state index contributed by atoms with van der Waals surface area (Å²) < 4.78 is 10.4. The Balaban J connectivity index is 2.70. The van der Waals surface area contributed by atoms with Crippen molar-refractivity contribution in [2.45, 2.75) is 12.8 Å². The van der Waals surface area contributed by atoms with E-state index in [0.717, 1.165) is 5.56 Å². The lowest BCUT2D eigenvalue weighted by atomic mass is 10.1. The molecule has 0 spiro atoms. The Morgan fingerprint density at radius 3 is 2.59 bits per heavy atom. The van der Waals surface area contributed by atoms with Crippen molar-refractivity contribution in [2.75, 3.05) is 27.8 Å². The largest absolute Gasteiger partial charge is 0.497 e. The molecule has 6 heteroatoms. The first-order chi connectivity index (χ1) is 10.5. The number of amides is 1. The lowest BCUT2D eigenvalue weighted by molar-refractivity contribution is -0.137. The lowest BCUT2D eigenvalue weighted by Gasteiger charge is -2.14. The molecule has 0 aliphatic heterocycles. The van der Waals surface area contributed by atoms with E-state index in [9.17, 15) is 9.59 Å². The second-order valence-electron chi connectivity index (χ2n) is 4.70. The van der Waals surface area contributed by atoms with Crippen LogP contribution in [0.4, 0.5) is 0 Å². The zero-order valence-corrected chi connectivity index (χ0v) is 13.0. The zero-order valence-electron chi connectivity index (χ0n) is 13.0. The molecule has 0 radical (unpaired) electrons. The summed E-state index contributed by atoms with van der Waals surface area (Å²) in [6.45, 7) is 0.394. The third-order valence-corrected chi connectivity index (χ3v) is 3.10. The van der Waals surface area contributed by atoms with Crippen LogP contribution >= 0.6 is 0 Å². The molecule has 0 fully saturated rings. The molecule has 6 nitrogen and oxygen atoms in total. The van der Waals surface area contributed by atoms with E-state index < -0.39 is 5.97 Å². The molecule has 0 heterocycles. The molecule has 1 aromatic carbocycles. The van der Waals surface area contributed by atoms with E-state index in [0.29, 0.717) is 24.5 Å². The minimum Gasteiger partial charge on any atom is -0.497 e. The molecule has 0 unspecified atom stereocenters. The van der Waals surface area contributed by atoms with Crippen molar-refractivity contribution in [1.29, 1.82) is 0 Å². The highest BCUT2D eigenvalue weighted by molar-refractivity contribution is 5.92. The van der Waals surface area contributed by atoms with E-state index in [-0.39, 0.29) is 12.3 Å². The number of rotatable bonds is 8. The maximum absolute atomic E-state index is 12.0. The first kappa shape index (κ1) is 17.6. The Morgan fingerprint density at radius 2 is 2.00 bits per heavy atom. The molecule has 0 aliphatic carbocycles. The van der Waals surface area contributed by atoms with Crippen LogP contribution in [0.1, 0.15) is 18.4 Å². The fourth-order valence-electron chi connectivity index (χ4n) is 1.84. The third kappa shape index (κ3) is 5.47. The molecule has 0 atom stereocenters. The van der Waals surface area contributed by atoms with Crippen LogP contribution < -0.4 is 9.47 Å². The second kappa shape index (κ2) is 8.71. The molecule has 0 aromatic heterocycles. The van der Waals surface area contributed by atoms with Crippen molar-refractivity contribution in [3.63, 3.8) is 0 Å². The van der Waals surface area contributed by atoms with Gasteiger partial charge in [-0.05, 0) is 30.7 Å². The molecule has 120 valence electrons. The van der Waals surface area contributed by atoms with E-state index in [4.69, 9.17) is 14.6 Å². The minimum atomic E-state index is -0.863. The molecule has 0 saturated heterocycles. The number of benzene rings is 1. The highest BCUT2D eigenvalue weighted by atomic mass is 16.5. The number of nitrogens with zero attached hydrogens (tertiary/aromatic N) is 1. The summed E-state index contributed by atoms with van der Waals surface area (Å²) in [6, 6.07) is 5.31. The summed E-state index contributed by atoms with van der Waals surface area (Å²) in [5, 5.41) is 8.58. The first-order valence-corrected chi connectivity index (χ1v) is 6.85. The number of likely N-dealkylation sites (N-methyl/N-ethyl adjacent to an activating group) is 1. The Hall–Kier alpha value is -2.50. The Morgan fingerprint density at radius 1 is 1.27 bits per heavy atom. The smallest absolute Gasteiger partial charge is 0.303 e. The van der Waals surface area contributed by atoms with Crippen LogP contribution in [0.15, 0.2) is 24.3 Å². The second-order valence-corrected chi connectivity index (χ2v) is 4.70. The van der Waals surface area contributed by atoms with Gasteiger partial charge >= 0.3 is 5.97 Å². The van der Waals surface area contributed by atoms with Gasteiger partial charge < -0.3 is 19.5 Å². The van der Waals surface area contributed by atoms with E-state index >= 15 is 0 Å². The first-order valence-electron chi connectivity index (χ1n) is 6.85. The molecule has 1 amide bonds. The van der Waals surface area contributed by atoms with Gasteiger partial charge in [-0.3, -0.25) is 9.59 Å². The highest BCUT2D eigenvalue weighted by Gasteiger charge is 2.07. The highest BCUT2D eigenvalue weighted by Crippen LogP contribution is 2.25. The van der Waals surface area contributed by atoms with Gasteiger partial charge in [0.15, 0.2) is 0 Å². The van der Waals surface area contributed by atoms with Gasteiger partial charge in [0.2, 0.25) is 5.91 Å². The Bertz CT molecular complexity index is 553. The number of carboxylic acids is 1. The average Bonchev–Trinajstić information content (AvgIpc) is 2.51.